The smallest absolute Gasteiger partial charge is 0.344 e. The normalized spacial score (nSPS) is 13.6. The van der Waals surface area contributed by atoms with Gasteiger partial charge in [-0.1, -0.05) is 29.8 Å². The zero-order valence-corrected chi connectivity index (χ0v) is 9.51. The number of hydrogen-bond donors (Lipinski definition) is 1. The number of carbonyl (C=O) groups is 1. The number of benzene rings is 1. The molecule has 0 saturated heterocycles. The van der Waals surface area contributed by atoms with E-state index < -0.39 is 16.8 Å². The molecule has 0 aliphatic heterocycles. The van der Waals surface area contributed by atoms with Crippen LogP contribution in [-0.2, 0) is 15.6 Å². The van der Waals surface area contributed by atoms with Gasteiger partial charge in [0.25, 0.3) is 0 Å². The van der Waals surface area contributed by atoms with Gasteiger partial charge in [0.15, 0.2) is 0 Å². The number of carboxylic acid groups (broad SMARTS) is 1. The largest absolute Gasteiger partial charge is 0.477 e. The summed E-state index contributed by atoms with van der Waals surface area (Å²) >= 11 is 5.84. The number of halogens is 1. The van der Waals surface area contributed by atoms with Gasteiger partial charge in [-0.2, -0.15) is 0 Å². The van der Waals surface area contributed by atoms with Crippen LogP contribution in [0.4, 0.5) is 0 Å². The maximum absolute atomic E-state index is 11.1. The van der Waals surface area contributed by atoms with Crippen molar-refractivity contribution >= 4 is 34.4 Å². The summed E-state index contributed by atoms with van der Waals surface area (Å²) < 4.78 is 11.1. The molecule has 0 bridgehead atoms. The third-order valence-corrected chi connectivity index (χ3v) is 2.97. The lowest BCUT2D eigenvalue weighted by atomic mass is 10.2. The second-order valence-corrected chi connectivity index (χ2v) is 4.54. The fourth-order valence-electron chi connectivity index (χ4n) is 1.00. The van der Waals surface area contributed by atoms with Crippen molar-refractivity contribution in [1.29, 1.82) is 0 Å². The number of hydrogen-bond acceptors (Lipinski definition) is 2. The molecule has 0 aliphatic rings. The summed E-state index contributed by atoms with van der Waals surface area (Å²) in [5, 5.41) is 9.22. The Balaban J connectivity index is 3.19. The molecule has 0 aromatic heterocycles. The first-order valence-corrected chi connectivity index (χ1v) is 5.99. The molecular weight excluding hydrogens is 236 g/mol. The molecule has 0 amide bonds. The molecule has 0 radical (unpaired) electrons. The van der Waals surface area contributed by atoms with Crippen LogP contribution in [0.25, 0.3) is 6.08 Å². The van der Waals surface area contributed by atoms with Crippen molar-refractivity contribution < 1.29 is 14.1 Å². The van der Waals surface area contributed by atoms with Gasteiger partial charge in [-0.3, -0.25) is 4.21 Å². The highest BCUT2D eigenvalue weighted by molar-refractivity contribution is 7.89. The van der Waals surface area contributed by atoms with Gasteiger partial charge in [0.2, 0.25) is 0 Å². The van der Waals surface area contributed by atoms with E-state index in [4.69, 9.17) is 16.7 Å². The van der Waals surface area contributed by atoms with Crippen LogP contribution in [0.3, 0.4) is 0 Å². The highest BCUT2D eigenvalue weighted by Gasteiger charge is 2.12. The molecule has 0 heterocycles. The van der Waals surface area contributed by atoms with Crippen LogP contribution in [0, 0.1) is 0 Å². The summed E-state index contributed by atoms with van der Waals surface area (Å²) in [6.07, 6.45) is 2.64. The van der Waals surface area contributed by atoms with Crippen LogP contribution >= 0.6 is 11.6 Å². The highest BCUT2D eigenvalue weighted by atomic mass is 35.5. The van der Waals surface area contributed by atoms with E-state index in [0.717, 1.165) is 0 Å². The Labute approximate surface area is 94.8 Å². The fraction of sp³-hybridized carbons (Fsp3) is 0.100. The van der Waals surface area contributed by atoms with E-state index in [-0.39, 0.29) is 4.91 Å². The minimum absolute atomic E-state index is 0.164. The predicted octanol–water partition coefficient (Wildman–Crippen LogP) is 2.14. The van der Waals surface area contributed by atoms with E-state index in [2.05, 4.69) is 0 Å². The predicted molar refractivity (Wildman–Crippen MR) is 61.1 cm³/mol. The molecule has 1 N–H and O–H groups in total. The molecule has 1 aromatic rings. The topological polar surface area (TPSA) is 54.4 Å². The molecular formula is C10H9ClO3S. The number of rotatable bonds is 3. The van der Waals surface area contributed by atoms with Gasteiger partial charge >= 0.3 is 5.97 Å². The van der Waals surface area contributed by atoms with Crippen LogP contribution in [0.5, 0.6) is 0 Å². The summed E-state index contributed by atoms with van der Waals surface area (Å²) in [4.78, 5) is 10.6. The minimum Gasteiger partial charge on any atom is -0.477 e. The third kappa shape index (κ3) is 3.18. The van der Waals surface area contributed by atoms with E-state index in [1.54, 1.807) is 24.3 Å². The van der Waals surface area contributed by atoms with Gasteiger partial charge in [-0.05, 0) is 17.7 Å². The summed E-state index contributed by atoms with van der Waals surface area (Å²) in [7, 11) is -1.54. The van der Waals surface area contributed by atoms with Crippen LogP contribution in [0.1, 0.15) is 5.56 Å². The molecule has 5 heteroatoms. The summed E-state index contributed by atoms with van der Waals surface area (Å²) in [6, 6.07) is 6.78. The number of carboxylic acids is 1. The van der Waals surface area contributed by atoms with Gasteiger partial charge in [0, 0.05) is 11.3 Å². The average molecular weight is 245 g/mol. The van der Waals surface area contributed by atoms with Crippen LogP contribution in [-0.4, -0.2) is 21.5 Å². The maximum atomic E-state index is 11.1. The lowest BCUT2D eigenvalue weighted by Gasteiger charge is -2.00. The van der Waals surface area contributed by atoms with Crippen LogP contribution < -0.4 is 0 Å². The van der Waals surface area contributed by atoms with Crippen molar-refractivity contribution in [2.24, 2.45) is 0 Å². The van der Waals surface area contributed by atoms with Crippen molar-refractivity contribution in [2.75, 3.05) is 6.26 Å². The first-order valence-electron chi connectivity index (χ1n) is 4.05. The molecule has 0 fully saturated rings. The van der Waals surface area contributed by atoms with Crippen molar-refractivity contribution in [3.8, 4) is 0 Å². The van der Waals surface area contributed by atoms with Gasteiger partial charge in [-0.25, -0.2) is 4.79 Å². The second-order valence-electron chi connectivity index (χ2n) is 2.79. The molecule has 1 unspecified atom stereocenters. The summed E-state index contributed by atoms with van der Waals surface area (Å²) in [5.74, 6) is -1.20. The Kier molecular flexibility index (Phi) is 4.05. The second kappa shape index (κ2) is 5.09. The van der Waals surface area contributed by atoms with Crippen LogP contribution in [0.2, 0.25) is 5.02 Å². The molecule has 1 atom stereocenters. The fourth-order valence-corrected chi connectivity index (χ4v) is 1.73. The van der Waals surface area contributed by atoms with Gasteiger partial charge in [0.05, 0.1) is 10.8 Å². The standard InChI is InChI=1S/C10H9ClO3S/c1-15(14)9(10(12)13)6-7-4-2-3-5-8(7)11/h2-6H,1H3,(H,12,13)/b9-6-. The molecule has 15 heavy (non-hydrogen) atoms. The Morgan fingerprint density at radius 2 is 2.07 bits per heavy atom. The maximum Gasteiger partial charge on any atom is 0.344 e. The SMILES string of the molecule is CS(=O)/C(=C\c1ccccc1Cl)C(=O)O. The van der Waals surface area contributed by atoms with E-state index in [1.165, 1.54) is 12.3 Å². The molecule has 0 spiro atoms. The quantitative estimate of drug-likeness (QED) is 0.829. The van der Waals surface area contributed by atoms with Crippen LogP contribution in [0.15, 0.2) is 29.2 Å². The van der Waals surface area contributed by atoms with E-state index in [9.17, 15) is 9.00 Å². The van der Waals surface area contributed by atoms with Crippen molar-refractivity contribution in [1.82, 2.24) is 0 Å². The summed E-state index contributed by atoms with van der Waals surface area (Å²) in [6.45, 7) is 0. The van der Waals surface area contributed by atoms with E-state index in [1.807, 2.05) is 0 Å². The average Bonchev–Trinajstić information content (AvgIpc) is 2.15. The lowest BCUT2D eigenvalue weighted by molar-refractivity contribution is -0.131. The first kappa shape index (κ1) is 11.9. The Morgan fingerprint density at radius 1 is 1.47 bits per heavy atom. The van der Waals surface area contributed by atoms with Gasteiger partial charge in [0.1, 0.15) is 4.91 Å². The first-order chi connectivity index (χ1) is 7.02. The third-order valence-electron chi connectivity index (χ3n) is 1.71. The van der Waals surface area contributed by atoms with Gasteiger partial charge in [-0.15, -0.1) is 0 Å². The highest BCUT2D eigenvalue weighted by Crippen LogP contribution is 2.19. The molecule has 1 rings (SSSR count). The summed E-state index contributed by atoms with van der Waals surface area (Å²) in [5.41, 5.74) is 0.548. The zero-order valence-electron chi connectivity index (χ0n) is 7.94. The molecule has 0 aliphatic carbocycles. The van der Waals surface area contributed by atoms with E-state index in [0.29, 0.717) is 10.6 Å². The Morgan fingerprint density at radius 3 is 2.53 bits per heavy atom. The Hall–Kier alpha value is -1.13. The molecule has 80 valence electrons. The zero-order chi connectivity index (χ0) is 11.4. The van der Waals surface area contributed by atoms with E-state index >= 15 is 0 Å². The monoisotopic (exact) mass is 244 g/mol. The lowest BCUT2D eigenvalue weighted by Crippen LogP contribution is -2.05. The molecule has 1 aromatic carbocycles. The minimum atomic E-state index is -1.54. The van der Waals surface area contributed by atoms with Crippen molar-refractivity contribution in [2.45, 2.75) is 0 Å². The van der Waals surface area contributed by atoms with Gasteiger partial charge < -0.3 is 5.11 Å². The van der Waals surface area contributed by atoms with Crippen molar-refractivity contribution in [3.63, 3.8) is 0 Å². The number of aliphatic carboxylic acids is 1. The molecule has 0 saturated carbocycles. The molecule has 3 nitrogen and oxygen atoms in total. The Bertz CT molecular complexity index is 424. The van der Waals surface area contributed by atoms with Crippen molar-refractivity contribution in [3.05, 3.63) is 39.8 Å².